The lowest BCUT2D eigenvalue weighted by molar-refractivity contribution is 0.416. The average molecular weight is 282 g/mol. The summed E-state index contributed by atoms with van der Waals surface area (Å²) in [4.78, 5) is 0. The van der Waals surface area contributed by atoms with Crippen LogP contribution < -0.4 is 10.6 Å². The van der Waals surface area contributed by atoms with Crippen molar-refractivity contribution in [1.82, 2.24) is 10.6 Å². The van der Waals surface area contributed by atoms with Crippen molar-refractivity contribution < 1.29 is 0 Å². The zero-order chi connectivity index (χ0) is 15.1. The average Bonchev–Trinajstić information content (AvgIpc) is 2.48. The summed E-state index contributed by atoms with van der Waals surface area (Å²) in [5.74, 6) is 0. The van der Waals surface area contributed by atoms with E-state index in [-0.39, 0.29) is 11.6 Å². The Balaban J connectivity index is 2.04. The molecule has 2 N–H and O–H groups in total. The summed E-state index contributed by atoms with van der Waals surface area (Å²) >= 11 is 0. The van der Waals surface area contributed by atoms with Crippen LogP contribution in [0.3, 0.4) is 0 Å². The Hall–Kier alpha value is -1.64. The number of hydrogen-bond acceptors (Lipinski definition) is 2. The van der Waals surface area contributed by atoms with E-state index in [1.54, 1.807) is 0 Å². The molecule has 0 fully saturated rings. The highest BCUT2D eigenvalue weighted by molar-refractivity contribution is 5.31. The van der Waals surface area contributed by atoms with Crippen LogP contribution >= 0.6 is 0 Å². The molecule has 2 nitrogen and oxygen atoms in total. The zero-order valence-electron chi connectivity index (χ0n) is 13.3. The van der Waals surface area contributed by atoms with Crippen LogP contribution in [0.1, 0.15) is 37.9 Å². The maximum Gasteiger partial charge on any atom is 0.0577 e. The Morgan fingerprint density at radius 2 is 1.24 bits per heavy atom. The van der Waals surface area contributed by atoms with Crippen molar-refractivity contribution in [1.29, 1.82) is 0 Å². The fraction of sp³-hybridized carbons (Fsp3) is 0.368. The minimum absolute atomic E-state index is 0.163. The first-order valence-electron chi connectivity index (χ1n) is 7.64. The van der Waals surface area contributed by atoms with Crippen LogP contribution in [0, 0.1) is 0 Å². The summed E-state index contributed by atoms with van der Waals surface area (Å²) < 4.78 is 0. The van der Waals surface area contributed by atoms with Gasteiger partial charge in [-0.1, -0.05) is 60.7 Å². The maximum absolute atomic E-state index is 3.66. The molecular weight excluding hydrogens is 256 g/mol. The van der Waals surface area contributed by atoms with Gasteiger partial charge in [-0.15, -0.1) is 0 Å². The van der Waals surface area contributed by atoms with Gasteiger partial charge in [-0.05, 0) is 31.9 Å². The molecule has 0 amide bonds. The second kappa shape index (κ2) is 7.39. The normalized spacial score (nSPS) is 11.8. The topological polar surface area (TPSA) is 24.1 Å². The van der Waals surface area contributed by atoms with Gasteiger partial charge < -0.3 is 10.6 Å². The fourth-order valence-electron chi connectivity index (χ4n) is 2.37. The van der Waals surface area contributed by atoms with E-state index in [0.29, 0.717) is 0 Å². The van der Waals surface area contributed by atoms with Gasteiger partial charge in [-0.2, -0.15) is 0 Å². The lowest BCUT2D eigenvalue weighted by Gasteiger charge is -2.23. The zero-order valence-corrected chi connectivity index (χ0v) is 13.3. The van der Waals surface area contributed by atoms with Gasteiger partial charge in [0, 0.05) is 18.6 Å². The smallest absolute Gasteiger partial charge is 0.0577 e. The number of hydrogen-bond donors (Lipinski definition) is 2. The van der Waals surface area contributed by atoms with Crippen molar-refractivity contribution in [3.05, 3.63) is 71.8 Å². The van der Waals surface area contributed by atoms with Crippen molar-refractivity contribution in [3.63, 3.8) is 0 Å². The van der Waals surface area contributed by atoms with E-state index in [2.05, 4.69) is 92.1 Å². The summed E-state index contributed by atoms with van der Waals surface area (Å²) in [5.41, 5.74) is 2.77. The largest absolute Gasteiger partial charge is 0.311 e. The van der Waals surface area contributed by atoms with Gasteiger partial charge in [0.2, 0.25) is 0 Å². The minimum atomic E-state index is 0.163. The molecule has 2 aromatic carbocycles. The van der Waals surface area contributed by atoms with Crippen molar-refractivity contribution in [2.45, 2.75) is 32.4 Å². The third-order valence-electron chi connectivity index (χ3n) is 3.39. The second-order valence-corrected chi connectivity index (χ2v) is 6.39. The molecule has 0 bridgehead atoms. The molecular formula is C19H26N2. The van der Waals surface area contributed by atoms with E-state index in [4.69, 9.17) is 0 Å². The van der Waals surface area contributed by atoms with Gasteiger partial charge in [0.25, 0.3) is 0 Å². The summed E-state index contributed by atoms with van der Waals surface area (Å²) in [6.45, 7) is 8.47. The fourth-order valence-corrected chi connectivity index (χ4v) is 2.37. The summed E-state index contributed by atoms with van der Waals surface area (Å²) in [6, 6.07) is 21.5. The van der Waals surface area contributed by atoms with Crippen LogP contribution in [0.4, 0.5) is 0 Å². The molecule has 2 heteroatoms. The number of benzene rings is 2. The summed E-state index contributed by atoms with van der Waals surface area (Å²) in [6.07, 6.45) is 0. The van der Waals surface area contributed by atoms with Crippen LogP contribution in [0.5, 0.6) is 0 Å². The molecule has 21 heavy (non-hydrogen) atoms. The monoisotopic (exact) mass is 282 g/mol. The molecule has 0 aliphatic rings. The summed E-state index contributed by atoms with van der Waals surface area (Å²) in [7, 11) is 0. The molecule has 0 aliphatic heterocycles. The number of rotatable bonds is 6. The first-order chi connectivity index (χ1) is 10.1. The highest BCUT2D eigenvalue weighted by Gasteiger charge is 2.13. The molecule has 0 saturated heterocycles. The van der Waals surface area contributed by atoms with Crippen molar-refractivity contribution in [3.8, 4) is 0 Å². The van der Waals surface area contributed by atoms with E-state index >= 15 is 0 Å². The van der Waals surface area contributed by atoms with Crippen LogP contribution in [0.15, 0.2) is 60.7 Å². The first kappa shape index (κ1) is 15.7. The molecule has 0 aromatic heterocycles. The van der Waals surface area contributed by atoms with E-state index < -0.39 is 0 Å². The van der Waals surface area contributed by atoms with Crippen molar-refractivity contribution >= 4 is 0 Å². The Morgan fingerprint density at radius 3 is 1.67 bits per heavy atom. The Kier molecular flexibility index (Phi) is 5.54. The molecule has 0 spiro atoms. The predicted molar refractivity (Wildman–Crippen MR) is 90.5 cm³/mol. The molecule has 2 aromatic rings. The van der Waals surface area contributed by atoms with Gasteiger partial charge in [0.1, 0.15) is 0 Å². The van der Waals surface area contributed by atoms with E-state index in [0.717, 1.165) is 13.1 Å². The highest BCUT2D eigenvalue weighted by atomic mass is 15.0. The van der Waals surface area contributed by atoms with Gasteiger partial charge in [0.05, 0.1) is 6.04 Å². The quantitative estimate of drug-likeness (QED) is 0.788. The van der Waals surface area contributed by atoms with E-state index in [1.165, 1.54) is 11.1 Å². The van der Waals surface area contributed by atoms with Gasteiger partial charge in [0.15, 0.2) is 0 Å². The van der Waals surface area contributed by atoms with E-state index in [9.17, 15) is 0 Å². The third-order valence-corrected chi connectivity index (χ3v) is 3.39. The lowest BCUT2D eigenvalue weighted by Crippen LogP contribution is -2.40. The Morgan fingerprint density at radius 1 is 0.762 bits per heavy atom. The molecule has 0 aliphatic carbocycles. The van der Waals surface area contributed by atoms with Crippen molar-refractivity contribution in [2.24, 2.45) is 0 Å². The standard InChI is InChI=1S/C19H26N2/c1-19(2,3)21-15-14-20-18(16-10-6-4-7-11-16)17-12-8-5-9-13-17/h4-13,18,20-21H,14-15H2,1-3H3. The predicted octanol–water partition coefficient (Wildman–Crippen LogP) is 3.75. The SMILES string of the molecule is CC(C)(C)NCCNC(c1ccccc1)c1ccccc1. The van der Waals surface area contributed by atoms with Crippen LogP contribution in [-0.4, -0.2) is 18.6 Å². The van der Waals surface area contributed by atoms with Gasteiger partial charge in [-0.25, -0.2) is 0 Å². The van der Waals surface area contributed by atoms with Crippen LogP contribution in [0.2, 0.25) is 0 Å². The van der Waals surface area contributed by atoms with Crippen LogP contribution in [-0.2, 0) is 0 Å². The van der Waals surface area contributed by atoms with Crippen LogP contribution in [0.25, 0.3) is 0 Å². The molecule has 0 heterocycles. The molecule has 0 atom stereocenters. The molecule has 2 rings (SSSR count). The first-order valence-corrected chi connectivity index (χ1v) is 7.64. The minimum Gasteiger partial charge on any atom is -0.311 e. The summed E-state index contributed by atoms with van der Waals surface area (Å²) in [5, 5.41) is 7.18. The maximum atomic E-state index is 3.66. The van der Waals surface area contributed by atoms with Gasteiger partial charge >= 0.3 is 0 Å². The molecule has 0 radical (unpaired) electrons. The van der Waals surface area contributed by atoms with Crippen molar-refractivity contribution in [2.75, 3.05) is 13.1 Å². The highest BCUT2D eigenvalue weighted by Crippen LogP contribution is 2.21. The molecule has 112 valence electrons. The number of nitrogens with one attached hydrogen (secondary N) is 2. The molecule has 0 saturated carbocycles. The van der Waals surface area contributed by atoms with E-state index in [1.807, 2.05) is 0 Å². The third kappa shape index (κ3) is 5.33. The Labute approximate surface area is 128 Å². The molecule has 0 unspecified atom stereocenters. The second-order valence-electron chi connectivity index (χ2n) is 6.39. The van der Waals surface area contributed by atoms with Gasteiger partial charge in [-0.3, -0.25) is 0 Å². The lowest BCUT2D eigenvalue weighted by atomic mass is 9.99. The Bertz CT molecular complexity index is 475.